The quantitative estimate of drug-likeness (QED) is 0.610. The van der Waals surface area contributed by atoms with Gasteiger partial charge in [0.2, 0.25) is 0 Å². The summed E-state index contributed by atoms with van der Waals surface area (Å²) < 4.78 is 5.24. The van der Waals surface area contributed by atoms with Crippen molar-refractivity contribution in [2.24, 2.45) is 0 Å². The number of rotatable bonds is 6. The summed E-state index contributed by atoms with van der Waals surface area (Å²) >= 11 is 0. The van der Waals surface area contributed by atoms with Gasteiger partial charge in [0.25, 0.3) is 0 Å². The normalized spacial score (nSPS) is 20.9. The summed E-state index contributed by atoms with van der Waals surface area (Å²) in [5.41, 5.74) is 0.896. The van der Waals surface area contributed by atoms with Crippen molar-refractivity contribution in [3.63, 3.8) is 0 Å². The van der Waals surface area contributed by atoms with E-state index in [1.807, 2.05) is 6.08 Å². The topological polar surface area (TPSA) is 26.3 Å². The van der Waals surface area contributed by atoms with E-state index < -0.39 is 0 Å². The van der Waals surface area contributed by atoms with Crippen molar-refractivity contribution in [2.75, 3.05) is 0 Å². The van der Waals surface area contributed by atoms with E-state index in [2.05, 4.69) is 13.8 Å². The Morgan fingerprint density at radius 2 is 2.00 bits per heavy atom. The Balaban J connectivity index is 2.37. The summed E-state index contributed by atoms with van der Waals surface area (Å²) in [6.45, 7) is 4.29. The highest BCUT2D eigenvalue weighted by Crippen LogP contribution is 2.21. The summed E-state index contributed by atoms with van der Waals surface area (Å²) in [4.78, 5) is 11.4. The highest BCUT2D eigenvalue weighted by Gasteiger charge is 2.23. The Bertz CT molecular complexity index is 218. The van der Waals surface area contributed by atoms with Gasteiger partial charge in [-0.2, -0.15) is 0 Å². The van der Waals surface area contributed by atoms with Gasteiger partial charge in [-0.1, -0.05) is 26.7 Å². The second kappa shape index (κ2) is 5.84. The summed E-state index contributed by atoms with van der Waals surface area (Å²) in [5.74, 6) is -0.0837. The minimum Gasteiger partial charge on any atom is -0.455 e. The van der Waals surface area contributed by atoms with Crippen molar-refractivity contribution in [1.82, 2.24) is 0 Å². The molecule has 1 rings (SSSR count). The second-order valence-corrected chi connectivity index (χ2v) is 3.88. The Hall–Kier alpha value is -0.790. The molecule has 0 aromatic heterocycles. The highest BCUT2D eigenvalue weighted by atomic mass is 16.5. The van der Waals surface area contributed by atoms with E-state index in [4.69, 9.17) is 4.74 Å². The zero-order chi connectivity index (χ0) is 10.4. The first kappa shape index (κ1) is 11.3. The average molecular weight is 196 g/mol. The molecule has 0 saturated heterocycles. The molecule has 0 radical (unpaired) electrons. The van der Waals surface area contributed by atoms with Crippen LogP contribution in [-0.4, -0.2) is 12.1 Å². The molecule has 0 amide bonds. The Morgan fingerprint density at radius 3 is 2.64 bits per heavy atom. The van der Waals surface area contributed by atoms with E-state index in [0.29, 0.717) is 0 Å². The van der Waals surface area contributed by atoms with Crippen LogP contribution in [-0.2, 0) is 9.53 Å². The first-order chi connectivity index (χ1) is 6.77. The van der Waals surface area contributed by atoms with Crippen LogP contribution in [0.4, 0.5) is 0 Å². The predicted octanol–water partition coefficient (Wildman–Crippen LogP) is 3.22. The van der Waals surface area contributed by atoms with Gasteiger partial charge in [-0.3, -0.25) is 0 Å². The second-order valence-electron chi connectivity index (χ2n) is 3.88. The van der Waals surface area contributed by atoms with Crippen molar-refractivity contribution < 1.29 is 9.53 Å². The molecule has 1 aliphatic rings. The third-order valence-electron chi connectivity index (χ3n) is 2.55. The monoisotopic (exact) mass is 196 g/mol. The molecule has 0 N–H and O–H groups in total. The lowest BCUT2D eigenvalue weighted by atomic mass is 10.1. The fraction of sp³-hybridized carbons (Fsp3) is 0.750. The molecule has 0 aliphatic carbocycles. The fourth-order valence-corrected chi connectivity index (χ4v) is 1.64. The SMILES string of the molecule is CCCCC1=CC(CCCC)OC1=O. The molecule has 14 heavy (non-hydrogen) atoms. The van der Waals surface area contributed by atoms with Crippen molar-refractivity contribution >= 4 is 5.97 Å². The fourth-order valence-electron chi connectivity index (χ4n) is 1.64. The number of ether oxygens (including phenoxy) is 1. The van der Waals surface area contributed by atoms with Crippen LogP contribution in [0.2, 0.25) is 0 Å². The zero-order valence-electron chi connectivity index (χ0n) is 9.21. The Kier molecular flexibility index (Phi) is 4.71. The number of hydrogen-bond donors (Lipinski definition) is 0. The van der Waals surface area contributed by atoms with Gasteiger partial charge in [-0.15, -0.1) is 0 Å². The molecule has 1 unspecified atom stereocenters. The summed E-state index contributed by atoms with van der Waals surface area (Å²) in [5, 5.41) is 0. The molecule has 1 heterocycles. The molecular weight excluding hydrogens is 176 g/mol. The van der Waals surface area contributed by atoms with Crippen molar-refractivity contribution in [1.29, 1.82) is 0 Å². The number of esters is 1. The minimum absolute atomic E-state index is 0.0642. The molecule has 0 spiro atoms. The van der Waals surface area contributed by atoms with Crippen LogP contribution in [0, 0.1) is 0 Å². The summed E-state index contributed by atoms with van der Waals surface area (Å²) in [6, 6.07) is 0. The first-order valence-corrected chi connectivity index (χ1v) is 5.69. The van der Waals surface area contributed by atoms with Gasteiger partial charge in [0.05, 0.1) is 0 Å². The lowest BCUT2D eigenvalue weighted by molar-refractivity contribution is -0.140. The van der Waals surface area contributed by atoms with Gasteiger partial charge in [0.15, 0.2) is 0 Å². The Labute approximate surface area is 86.3 Å². The van der Waals surface area contributed by atoms with E-state index in [1.54, 1.807) is 0 Å². The smallest absolute Gasteiger partial charge is 0.334 e. The van der Waals surface area contributed by atoms with Crippen LogP contribution >= 0.6 is 0 Å². The van der Waals surface area contributed by atoms with Crippen LogP contribution in [0.3, 0.4) is 0 Å². The average Bonchev–Trinajstić information content (AvgIpc) is 2.53. The van der Waals surface area contributed by atoms with Crippen molar-refractivity contribution in [3.8, 4) is 0 Å². The molecule has 1 aliphatic heterocycles. The van der Waals surface area contributed by atoms with Crippen LogP contribution in [0.5, 0.6) is 0 Å². The van der Waals surface area contributed by atoms with E-state index in [0.717, 1.165) is 44.1 Å². The third kappa shape index (κ3) is 3.17. The maximum atomic E-state index is 11.4. The molecule has 0 bridgehead atoms. The van der Waals surface area contributed by atoms with Crippen molar-refractivity contribution in [3.05, 3.63) is 11.6 Å². The molecule has 1 atom stereocenters. The molecule has 0 fully saturated rings. The van der Waals surface area contributed by atoms with Gasteiger partial charge < -0.3 is 4.74 Å². The van der Waals surface area contributed by atoms with E-state index in [9.17, 15) is 4.79 Å². The van der Waals surface area contributed by atoms with Crippen LogP contribution in [0.15, 0.2) is 11.6 Å². The zero-order valence-corrected chi connectivity index (χ0v) is 9.21. The lowest BCUT2D eigenvalue weighted by Gasteiger charge is -2.05. The maximum absolute atomic E-state index is 11.4. The minimum atomic E-state index is -0.0837. The summed E-state index contributed by atoms with van der Waals surface area (Å²) in [6.07, 6.45) is 8.46. The number of cyclic esters (lactones) is 1. The molecule has 0 aromatic carbocycles. The maximum Gasteiger partial charge on any atom is 0.334 e. The first-order valence-electron chi connectivity index (χ1n) is 5.69. The molecule has 2 heteroatoms. The standard InChI is InChI=1S/C12H20O2/c1-3-5-7-10-9-11(8-6-4-2)14-12(10)13/h9,11H,3-8H2,1-2H3. The third-order valence-corrected chi connectivity index (χ3v) is 2.55. The van der Waals surface area contributed by atoms with E-state index in [-0.39, 0.29) is 12.1 Å². The molecule has 0 saturated carbocycles. The molecule has 2 nitrogen and oxygen atoms in total. The van der Waals surface area contributed by atoms with Crippen LogP contribution in [0.25, 0.3) is 0 Å². The van der Waals surface area contributed by atoms with Crippen LogP contribution < -0.4 is 0 Å². The molecule has 80 valence electrons. The predicted molar refractivity (Wildman–Crippen MR) is 57.0 cm³/mol. The number of unbranched alkanes of at least 4 members (excludes halogenated alkanes) is 2. The number of hydrogen-bond acceptors (Lipinski definition) is 2. The lowest BCUT2D eigenvalue weighted by Crippen LogP contribution is -2.07. The summed E-state index contributed by atoms with van der Waals surface area (Å²) in [7, 11) is 0. The molecule has 0 aromatic rings. The van der Waals surface area contributed by atoms with Gasteiger partial charge in [-0.25, -0.2) is 4.79 Å². The highest BCUT2D eigenvalue weighted by molar-refractivity contribution is 5.90. The van der Waals surface area contributed by atoms with Gasteiger partial charge >= 0.3 is 5.97 Å². The number of carbonyl (C=O) groups excluding carboxylic acids is 1. The number of carbonyl (C=O) groups is 1. The van der Waals surface area contributed by atoms with Crippen molar-refractivity contribution in [2.45, 2.75) is 58.5 Å². The van der Waals surface area contributed by atoms with Crippen LogP contribution in [0.1, 0.15) is 52.4 Å². The molecular formula is C12H20O2. The Morgan fingerprint density at radius 1 is 1.29 bits per heavy atom. The van der Waals surface area contributed by atoms with Gasteiger partial charge in [0, 0.05) is 5.57 Å². The van der Waals surface area contributed by atoms with Gasteiger partial charge in [0.1, 0.15) is 6.10 Å². The van der Waals surface area contributed by atoms with E-state index >= 15 is 0 Å². The van der Waals surface area contributed by atoms with Gasteiger partial charge in [-0.05, 0) is 31.8 Å². The largest absolute Gasteiger partial charge is 0.455 e. The van der Waals surface area contributed by atoms with E-state index in [1.165, 1.54) is 0 Å².